The topological polar surface area (TPSA) is 84.9 Å². The first kappa shape index (κ1) is 14.9. The fraction of sp³-hybridized carbons (Fsp3) is 0.400. The molecule has 0 amide bonds. The molecule has 0 radical (unpaired) electrons. The van der Waals surface area contributed by atoms with Crippen LogP contribution in [0.15, 0.2) is 18.2 Å². The molecule has 4 nitrogen and oxygen atoms in total. The molecule has 2 rings (SSSR count). The second kappa shape index (κ2) is 5.49. The summed E-state index contributed by atoms with van der Waals surface area (Å²) in [5.41, 5.74) is 0.494. The van der Waals surface area contributed by atoms with Crippen molar-refractivity contribution in [3.63, 3.8) is 0 Å². The molecule has 0 bridgehead atoms. The van der Waals surface area contributed by atoms with E-state index in [1.807, 2.05) is 12.1 Å². The maximum atomic E-state index is 13.3. The van der Waals surface area contributed by atoms with E-state index >= 15 is 0 Å². The second-order valence-corrected chi connectivity index (χ2v) is 5.20. The van der Waals surface area contributed by atoms with Gasteiger partial charge in [0.1, 0.15) is 12.1 Å². The number of carboxylic acid groups (broad SMARTS) is 1. The van der Waals surface area contributed by atoms with Gasteiger partial charge in [-0.2, -0.15) is 10.5 Å². The minimum Gasteiger partial charge on any atom is -0.481 e. The molecule has 1 saturated carbocycles. The maximum absolute atomic E-state index is 13.3. The summed E-state index contributed by atoms with van der Waals surface area (Å²) in [6.45, 7) is 0. The van der Waals surface area contributed by atoms with Gasteiger partial charge in [0, 0.05) is 12.8 Å². The van der Waals surface area contributed by atoms with Crippen LogP contribution >= 0.6 is 0 Å². The second-order valence-electron chi connectivity index (χ2n) is 5.20. The molecule has 0 saturated heterocycles. The van der Waals surface area contributed by atoms with E-state index in [4.69, 9.17) is 10.5 Å². The Balaban J connectivity index is 2.39. The van der Waals surface area contributed by atoms with Crippen molar-refractivity contribution in [3.8, 4) is 12.1 Å². The Morgan fingerprint density at radius 1 is 1.33 bits per heavy atom. The van der Waals surface area contributed by atoms with Crippen LogP contribution in [0.4, 0.5) is 8.78 Å². The number of halogens is 2. The van der Waals surface area contributed by atoms with Gasteiger partial charge in [-0.3, -0.25) is 4.79 Å². The Morgan fingerprint density at radius 2 is 2.00 bits per heavy atom. The zero-order chi connectivity index (χ0) is 15.6. The molecule has 1 aliphatic rings. The standard InChI is InChI=1S/C15H12F2N2O2/c16-15(17)4-3-10(6-15)13(14(20)21)9-1-2-11(7-18)12(5-9)8-19/h1-2,5,10,13H,3-4,6H2,(H,20,21)/t10-,13+/m0/s1. The van der Waals surface area contributed by atoms with Gasteiger partial charge in [-0.05, 0) is 30.0 Å². The number of benzene rings is 1. The molecule has 0 heterocycles. The summed E-state index contributed by atoms with van der Waals surface area (Å²) in [6, 6.07) is 7.76. The Morgan fingerprint density at radius 3 is 2.48 bits per heavy atom. The molecular weight excluding hydrogens is 278 g/mol. The number of hydrogen-bond donors (Lipinski definition) is 1. The van der Waals surface area contributed by atoms with Gasteiger partial charge < -0.3 is 5.11 Å². The van der Waals surface area contributed by atoms with Gasteiger partial charge in [0.25, 0.3) is 0 Å². The van der Waals surface area contributed by atoms with Crippen LogP contribution in [0.1, 0.15) is 41.9 Å². The molecule has 2 atom stereocenters. The van der Waals surface area contributed by atoms with E-state index < -0.39 is 30.1 Å². The van der Waals surface area contributed by atoms with Gasteiger partial charge in [-0.25, -0.2) is 8.78 Å². The van der Waals surface area contributed by atoms with Crippen LogP contribution in [0.25, 0.3) is 0 Å². The van der Waals surface area contributed by atoms with Crippen molar-refractivity contribution in [1.29, 1.82) is 10.5 Å². The van der Waals surface area contributed by atoms with Crippen molar-refractivity contribution >= 4 is 5.97 Å². The van der Waals surface area contributed by atoms with Crippen LogP contribution in [0.2, 0.25) is 0 Å². The lowest BCUT2D eigenvalue weighted by molar-refractivity contribution is -0.140. The molecule has 0 spiro atoms. The summed E-state index contributed by atoms with van der Waals surface area (Å²) in [4.78, 5) is 11.5. The van der Waals surface area contributed by atoms with Gasteiger partial charge >= 0.3 is 5.97 Å². The number of alkyl halides is 2. The minimum atomic E-state index is -2.83. The van der Waals surface area contributed by atoms with Gasteiger partial charge in [0.15, 0.2) is 0 Å². The highest BCUT2D eigenvalue weighted by Gasteiger charge is 2.45. The average molecular weight is 290 g/mol. The number of hydrogen-bond acceptors (Lipinski definition) is 3. The number of nitriles is 2. The quantitative estimate of drug-likeness (QED) is 0.927. The summed E-state index contributed by atoms with van der Waals surface area (Å²) in [5.74, 6) is -5.77. The van der Waals surface area contributed by atoms with Crippen LogP contribution in [0.5, 0.6) is 0 Å². The summed E-state index contributed by atoms with van der Waals surface area (Å²) < 4.78 is 26.6. The zero-order valence-electron chi connectivity index (χ0n) is 11.0. The average Bonchev–Trinajstić information content (AvgIpc) is 2.78. The lowest BCUT2D eigenvalue weighted by Crippen LogP contribution is -2.21. The third kappa shape index (κ3) is 3.00. The predicted octanol–water partition coefficient (Wildman–Crippen LogP) is 3.03. The summed E-state index contributed by atoms with van der Waals surface area (Å²) in [5, 5.41) is 27.2. The normalized spacial score (nSPS) is 21.2. The third-order valence-corrected chi connectivity index (χ3v) is 3.82. The van der Waals surface area contributed by atoms with Crippen molar-refractivity contribution in [2.24, 2.45) is 5.92 Å². The molecule has 1 aromatic carbocycles. The Hall–Kier alpha value is -2.47. The Bertz CT molecular complexity index is 659. The van der Waals surface area contributed by atoms with Gasteiger partial charge in [0.2, 0.25) is 5.92 Å². The van der Waals surface area contributed by atoms with Crippen molar-refractivity contribution in [2.75, 3.05) is 0 Å². The molecular formula is C15H12F2N2O2. The largest absolute Gasteiger partial charge is 0.481 e. The van der Waals surface area contributed by atoms with E-state index in [0.717, 1.165) is 0 Å². The van der Waals surface area contributed by atoms with E-state index in [1.165, 1.54) is 18.2 Å². The first-order valence-electron chi connectivity index (χ1n) is 6.43. The number of rotatable bonds is 3. The molecule has 1 N–H and O–H groups in total. The smallest absolute Gasteiger partial charge is 0.311 e. The molecule has 6 heteroatoms. The molecule has 0 aliphatic heterocycles. The van der Waals surface area contributed by atoms with Crippen molar-refractivity contribution in [1.82, 2.24) is 0 Å². The summed E-state index contributed by atoms with van der Waals surface area (Å²) >= 11 is 0. The molecule has 0 aromatic heterocycles. The van der Waals surface area contributed by atoms with Crippen molar-refractivity contribution in [2.45, 2.75) is 31.1 Å². The highest BCUT2D eigenvalue weighted by atomic mass is 19.3. The fourth-order valence-electron chi connectivity index (χ4n) is 2.83. The Labute approximate surface area is 120 Å². The highest BCUT2D eigenvalue weighted by Crippen LogP contribution is 2.45. The maximum Gasteiger partial charge on any atom is 0.311 e. The number of carbonyl (C=O) groups is 1. The van der Waals surface area contributed by atoms with E-state index in [2.05, 4.69) is 0 Å². The number of aliphatic carboxylic acids is 1. The molecule has 21 heavy (non-hydrogen) atoms. The zero-order valence-corrected chi connectivity index (χ0v) is 11.0. The molecule has 1 aromatic rings. The monoisotopic (exact) mass is 290 g/mol. The SMILES string of the molecule is N#Cc1ccc([C@@H](C(=O)O)[C@H]2CCC(F)(F)C2)cc1C#N. The van der Waals surface area contributed by atoms with Gasteiger partial charge in [0.05, 0.1) is 17.0 Å². The highest BCUT2D eigenvalue weighted by molar-refractivity contribution is 5.77. The summed E-state index contributed by atoms with van der Waals surface area (Å²) in [7, 11) is 0. The van der Waals surface area contributed by atoms with E-state index in [0.29, 0.717) is 5.56 Å². The van der Waals surface area contributed by atoms with Crippen LogP contribution in [0.3, 0.4) is 0 Å². The predicted molar refractivity (Wildman–Crippen MR) is 68.5 cm³/mol. The molecule has 0 unspecified atom stereocenters. The third-order valence-electron chi connectivity index (χ3n) is 3.82. The summed E-state index contributed by atoms with van der Waals surface area (Å²) in [6.07, 6.45) is -0.652. The molecule has 108 valence electrons. The lowest BCUT2D eigenvalue weighted by Gasteiger charge is -2.20. The Kier molecular flexibility index (Phi) is 3.90. The first-order valence-corrected chi connectivity index (χ1v) is 6.43. The molecule has 1 fully saturated rings. The van der Waals surface area contributed by atoms with Crippen LogP contribution in [-0.2, 0) is 4.79 Å². The van der Waals surface area contributed by atoms with Gasteiger partial charge in [-0.15, -0.1) is 0 Å². The fourth-order valence-corrected chi connectivity index (χ4v) is 2.83. The van der Waals surface area contributed by atoms with Crippen LogP contribution in [-0.4, -0.2) is 17.0 Å². The lowest BCUT2D eigenvalue weighted by atomic mass is 9.83. The van der Waals surface area contributed by atoms with Crippen LogP contribution < -0.4 is 0 Å². The van der Waals surface area contributed by atoms with E-state index in [9.17, 15) is 18.7 Å². The van der Waals surface area contributed by atoms with Crippen molar-refractivity contribution < 1.29 is 18.7 Å². The van der Waals surface area contributed by atoms with E-state index in [1.54, 1.807) is 0 Å². The minimum absolute atomic E-state index is 0.0611. The van der Waals surface area contributed by atoms with Crippen LogP contribution in [0, 0.1) is 28.6 Å². The number of nitrogens with zero attached hydrogens (tertiary/aromatic N) is 2. The molecule has 1 aliphatic carbocycles. The van der Waals surface area contributed by atoms with Crippen molar-refractivity contribution in [3.05, 3.63) is 34.9 Å². The first-order chi connectivity index (χ1) is 9.88. The number of carboxylic acids is 1. The van der Waals surface area contributed by atoms with Gasteiger partial charge in [-0.1, -0.05) is 6.07 Å². The van der Waals surface area contributed by atoms with E-state index in [-0.39, 0.29) is 24.0 Å².